The van der Waals surface area contributed by atoms with Gasteiger partial charge in [0.2, 0.25) is 0 Å². The lowest BCUT2D eigenvalue weighted by Crippen LogP contribution is -2.28. The summed E-state index contributed by atoms with van der Waals surface area (Å²) in [7, 11) is 1.40. The van der Waals surface area contributed by atoms with Crippen LogP contribution in [0.5, 0.6) is 0 Å². The van der Waals surface area contributed by atoms with Crippen LogP contribution in [0.2, 0.25) is 0 Å². The minimum atomic E-state index is -0.191. The van der Waals surface area contributed by atoms with E-state index in [9.17, 15) is 4.79 Å². The van der Waals surface area contributed by atoms with Crippen LogP contribution in [0.1, 0.15) is 18.9 Å². The Labute approximate surface area is 96.6 Å². The Morgan fingerprint density at radius 1 is 1.38 bits per heavy atom. The van der Waals surface area contributed by atoms with Gasteiger partial charge in [-0.2, -0.15) is 0 Å². The van der Waals surface area contributed by atoms with Crippen LogP contribution in [0.4, 0.5) is 0 Å². The van der Waals surface area contributed by atoms with Gasteiger partial charge in [-0.1, -0.05) is 37.3 Å². The first-order chi connectivity index (χ1) is 7.63. The fourth-order valence-corrected chi connectivity index (χ4v) is 1.75. The number of hydrogen-bond donors (Lipinski definition) is 1. The molecule has 1 aromatic rings. The van der Waals surface area contributed by atoms with Gasteiger partial charge in [0.1, 0.15) is 0 Å². The van der Waals surface area contributed by atoms with Crippen LogP contribution in [-0.2, 0) is 16.0 Å². The molecular weight excluding hydrogens is 202 g/mol. The molecule has 0 bridgehead atoms. The number of benzene rings is 1. The molecule has 1 aromatic carbocycles. The molecule has 0 radical (unpaired) electrons. The van der Waals surface area contributed by atoms with Crippen molar-refractivity contribution < 1.29 is 9.53 Å². The molecule has 0 aromatic heterocycles. The average Bonchev–Trinajstić information content (AvgIpc) is 2.29. The molecular formula is C13H19NO2. The molecule has 2 atom stereocenters. The zero-order valence-corrected chi connectivity index (χ0v) is 9.85. The van der Waals surface area contributed by atoms with Crippen LogP contribution in [0.25, 0.3) is 0 Å². The van der Waals surface area contributed by atoms with Crippen molar-refractivity contribution in [1.82, 2.24) is 0 Å². The van der Waals surface area contributed by atoms with Gasteiger partial charge in [0, 0.05) is 6.04 Å². The zero-order valence-electron chi connectivity index (χ0n) is 9.85. The predicted molar refractivity (Wildman–Crippen MR) is 63.9 cm³/mol. The normalized spacial score (nSPS) is 14.2. The number of methoxy groups -OCH3 is 1. The van der Waals surface area contributed by atoms with E-state index >= 15 is 0 Å². The molecule has 0 spiro atoms. The Morgan fingerprint density at radius 3 is 2.56 bits per heavy atom. The number of nitrogens with two attached hydrogens (primary N) is 1. The highest BCUT2D eigenvalue weighted by molar-refractivity contribution is 5.71. The molecule has 0 heterocycles. The second kappa shape index (κ2) is 6.28. The highest BCUT2D eigenvalue weighted by Gasteiger charge is 2.16. The van der Waals surface area contributed by atoms with Gasteiger partial charge in [0.15, 0.2) is 0 Å². The van der Waals surface area contributed by atoms with Crippen molar-refractivity contribution in [2.75, 3.05) is 7.11 Å². The minimum absolute atomic E-state index is 0.00324. The van der Waals surface area contributed by atoms with Gasteiger partial charge in [-0.3, -0.25) is 4.79 Å². The molecule has 0 saturated heterocycles. The lowest BCUT2D eigenvalue weighted by atomic mass is 9.97. The molecule has 3 nitrogen and oxygen atoms in total. The predicted octanol–water partition coefficient (Wildman–Crippen LogP) is 1.76. The molecule has 0 unspecified atom stereocenters. The van der Waals surface area contributed by atoms with Gasteiger partial charge in [-0.25, -0.2) is 0 Å². The molecule has 1 rings (SSSR count). The average molecular weight is 221 g/mol. The summed E-state index contributed by atoms with van der Waals surface area (Å²) in [5.74, 6) is -0.327. The van der Waals surface area contributed by atoms with E-state index < -0.39 is 0 Å². The second-order valence-electron chi connectivity index (χ2n) is 4.11. The minimum Gasteiger partial charge on any atom is -0.469 e. The first kappa shape index (κ1) is 12.7. The van der Waals surface area contributed by atoms with Gasteiger partial charge in [0.05, 0.1) is 13.0 Å². The van der Waals surface area contributed by atoms with Gasteiger partial charge >= 0.3 is 5.97 Å². The largest absolute Gasteiger partial charge is 0.469 e. The number of hydrogen-bond acceptors (Lipinski definition) is 3. The van der Waals surface area contributed by atoms with E-state index in [0.717, 1.165) is 6.42 Å². The van der Waals surface area contributed by atoms with Crippen LogP contribution >= 0.6 is 0 Å². The van der Waals surface area contributed by atoms with Gasteiger partial charge < -0.3 is 10.5 Å². The van der Waals surface area contributed by atoms with Crippen molar-refractivity contribution in [3.63, 3.8) is 0 Å². The van der Waals surface area contributed by atoms with Gasteiger partial charge in [-0.05, 0) is 18.4 Å². The topological polar surface area (TPSA) is 52.3 Å². The molecule has 0 amide bonds. The third-order valence-electron chi connectivity index (χ3n) is 2.60. The molecule has 3 heteroatoms. The standard InChI is InChI=1S/C13H19NO2/c1-10(13(15)16-2)8-12(14)9-11-6-4-3-5-7-11/h3-7,10,12H,8-9,14H2,1-2H3/t10-,12+/m0/s1. The van der Waals surface area contributed by atoms with Crippen LogP contribution in [0.3, 0.4) is 0 Å². The van der Waals surface area contributed by atoms with Crippen molar-refractivity contribution >= 4 is 5.97 Å². The number of rotatable bonds is 5. The van der Waals surface area contributed by atoms with Gasteiger partial charge in [0.25, 0.3) is 0 Å². The molecule has 88 valence electrons. The zero-order chi connectivity index (χ0) is 12.0. The maximum absolute atomic E-state index is 11.2. The molecule has 0 aliphatic heterocycles. The Kier molecular flexibility index (Phi) is 4.99. The van der Waals surface area contributed by atoms with E-state index in [2.05, 4.69) is 4.74 Å². The Morgan fingerprint density at radius 2 is 2.00 bits per heavy atom. The Hall–Kier alpha value is -1.35. The van der Waals surface area contributed by atoms with E-state index in [1.165, 1.54) is 12.7 Å². The molecule has 16 heavy (non-hydrogen) atoms. The van der Waals surface area contributed by atoms with Crippen LogP contribution in [-0.4, -0.2) is 19.1 Å². The van der Waals surface area contributed by atoms with E-state index in [4.69, 9.17) is 5.73 Å². The van der Waals surface area contributed by atoms with Crippen molar-refractivity contribution in [2.24, 2.45) is 11.7 Å². The first-order valence-corrected chi connectivity index (χ1v) is 5.50. The highest BCUT2D eigenvalue weighted by Crippen LogP contribution is 2.11. The highest BCUT2D eigenvalue weighted by atomic mass is 16.5. The third kappa shape index (κ3) is 4.03. The lowest BCUT2D eigenvalue weighted by Gasteiger charge is -2.15. The van der Waals surface area contributed by atoms with Crippen LogP contribution in [0.15, 0.2) is 30.3 Å². The molecule has 2 N–H and O–H groups in total. The third-order valence-corrected chi connectivity index (χ3v) is 2.60. The van der Waals surface area contributed by atoms with Crippen molar-refractivity contribution in [2.45, 2.75) is 25.8 Å². The van der Waals surface area contributed by atoms with E-state index in [0.29, 0.717) is 6.42 Å². The van der Waals surface area contributed by atoms with Crippen molar-refractivity contribution in [3.8, 4) is 0 Å². The molecule has 0 saturated carbocycles. The summed E-state index contributed by atoms with van der Waals surface area (Å²) in [4.78, 5) is 11.2. The number of ether oxygens (including phenoxy) is 1. The smallest absolute Gasteiger partial charge is 0.308 e. The summed E-state index contributed by atoms with van der Waals surface area (Å²) in [6.07, 6.45) is 1.45. The molecule has 0 fully saturated rings. The monoisotopic (exact) mass is 221 g/mol. The number of esters is 1. The quantitative estimate of drug-likeness (QED) is 0.771. The van der Waals surface area contributed by atoms with E-state index in [-0.39, 0.29) is 17.9 Å². The first-order valence-electron chi connectivity index (χ1n) is 5.50. The van der Waals surface area contributed by atoms with Crippen molar-refractivity contribution in [3.05, 3.63) is 35.9 Å². The Bertz CT molecular complexity index is 324. The second-order valence-corrected chi connectivity index (χ2v) is 4.11. The van der Waals surface area contributed by atoms with Crippen molar-refractivity contribution in [1.29, 1.82) is 0 Å². The Balaban J connectivity index is 2.42. The van der Waals surface area contributed by atoms with E-state index in [1.807, 2.05) is 37.3 Å². The molecule has 0 aliphatic carbocycles. The summed E-state index contributed by atoms with van der Waals surface area (Å²) in [6.45, 7) is 1.84. The lowest BCUT2D eigenvalue weighted by molar-refractivity contribution is -0.145. The maximum atomic E-state index is 11.2. The van der Waals surface area contributed by atoms with Crippen LogP contribution in [0, 0.1) is 5.92 Å². The summed E-state index contributed by atoms with van der Waals surface area (Å²) < 4.78 is 4.67. The maximum Gasteiger partial charge on any atom is 0.308 e. The SMILES string of the molecule is COC(=O)[C@@H](C)C[C@@H](N)Cc1ccccc1. The summed E-state index contributed by atoms with van der Waals surface area (Å²) >= 11 is 0. The summed E-state index contributed by atoms with van der Waals surface area (Å²) in [5, 5.41) is 0. The fraction of sp³-hybridized carbons (Fsp3) is 0.462. The van der Waals surface area contributed by atoms with Crippen LogP contribution < -0.4 is 5.73 Å². The summed E-state index contributed by atoms with van der Waals surface area (Å²) in [6, 6.07) is 10.0. The summed E-state index contributed by atoms with van der Waals surface area (Å²) in [5.41, 5.74) is 7.19. The number of carbonyl (C=O) groups excluding carboxylic acids is 1. The fourth-order valence-electron chi connectivity index (χ4n) is 1.75. The van der Waals surface area contributed by atoms with E-state index in [1.54, 1.807) is 0 Å². The molecule has 0 aliphatic rings. The van der Waals surface area contributed by atoms with Gasteiger partial charge in [-0.15, -0.1) is 0 Å². The number of carbonyl (C=O) groups is 1.